The summed E-state index contributed by atoms with van der Waals surface area (Å²) < 4.78 is 10.6. The number of hydrogen-bond acceptors (Lipinski definition) is 5. The quantitative estimate of drug-likeness (QED) is 0.350. The number of nitrogens with zero attached hydrogens (tertiary/aromatic N) is 2. The molecular weight excluding hydrogens is 348 g/mol. The predicted molar refractivity (Wildman–Crippen MR) is 109 cm³/mol. The van der Waals surface area contributed by atoms with Crippen LogP contribution in [0.25, 0.3) is 0 Å². The molecule has 1 unspecified atom stereocenters. The molecule has 1 saturated heterocycles. The summed E-state index contributed by atoms with van der Waals surface area (Å²) in [5.41, 5.74) is 0. The van der Waals surface area contributed by atoms with Crippen LogP contribution in [0.1, 0.15) is 37.1 Å². The average molecular weight is 383 g/mol. The lowest BCUT2D eigenvalue weighted by atomic mass is 10.2. The number of unbranched alkanes of at least 4 members (excludes halogenated alkanes) is 2. The second-order valence-electron chi connectivity index (χ2n) is 6.38. The lowest BCUT2D eigenvalue weighted by molar-refractivity contribution is 0.0186. The second kappa shape index (κ2) is 13.1. The van der Waals surface area contributed by atoms with Crippen LogP contribution in [0.5, 0.6) is 0 Å². The van der Waals surface area contributed by atoms with Gasteiger partial charge in [0.25, 0.3) is 0 Å². The molecule has 1 fully saturated rings. The largest absolute Gasteiger partial charge is 0.385 e. The highest BCUT2D eigenvalue weighted by Gasteiger charge is 2.23. The van der Waals surface area contributed by atoms with E-state index in [1.165, 1.54) is 11.3 Å². The van der Waals surface area contributed by atoms with Crippen LogP contribution in [0.3, 0.4) is 0 Å². The molecule has 0 amide bonds. The Kier molecular flexibility index (Phi) is 10.6. The van der Waals surface area contributed by atoms with Gasteiger partial charge in [0.1, 0.15) is 0 Å². The van der Waals surface area contributed by atoms with Gasteiger partial charge in [0.2, 0.25) is 0 Å². The van der Waals surface area contributed by atoms with Crippen molar-refractivity contribution in [3.8, 4) is 0 Å². The lowest BCUT2D eigenvalue weighted by Crippen LogP contribution is -2.41. The Morgan fingerprint density at radius 2 is 2.15 bits per heavy atom. The van der Waals surface area contributed by atoms with E-state index in [1.807, 2.05) is 11.3 Å². The maximum absolute atomic E-state index is 5.52. The summed E-state index contributed by atoms with van der Waals surface area (Å²) in [6, 6.07) is 4.67. The van der Waals surface area contributed by atoms with Crippen molar-refractivity contribution in [2.24, 2.45) is 4.99 Å². The minimum atomic E-state index is 0.330. The van der Waals surface area contributed by atoms with Gasteiger partial charge in [-0.2, -0.15) is 0 Å². The molecule has 0 bridgehead atoms. The zero-order valence-electron chi connectivity index (χ0n) is 16.2. The van der Waals surface area contributed by atoms with Crippen molar-refractivity contribution < 1.29 is 9.47 Å². The monoisotopic (exact) mass is 382 g/mol. The number of morpholine rings is 1. The van der Waals surface area contributed by atoms with E-state index in [0.29, 0.717) is 6.04 Å². The molecule has 2 rings (SSSR count). The number of aliphatic imine (C=N–C) groups is 1. The number of rotatable bonds is 11. The first kappa shape index (κ1) is 21.2. The second-order valence-corrected chi connectivity index (χ2v) is 7.36. The fourth-order valence-corrected chi connectivity index (χ4v) is 3.88. The van der Waals surface area contributed by atoms with Crippen LogP contribution in [-0.2, 0) is 9.47 Å². The molecule has 0 aromatic carbocycles. The average Bonchev–Trinajstić information content (AvgIpc) is 3.20. The minimum Gasteiger partial charge on any atom is -0.385 e. The first-order chi connectivity index (χ1) is 12.8. The van der Waals surface area contributed by atoms with E-state index in [1.54, 1.807) is 7.11 Å². The van der Waals surface area contributed by atoms with Crippen molar-refractivity contribution in [2.75, 3.05) is 59.7 Å². The van der Waals surface area contributed by atoms with Crippen molar-refractivity contribution in [3.63, 3.8) is 0 Å². The molecule has 1 aromatic rings. The summed E-state index contributed by atoms with van der Waals surface area (Å²) in [5.74, 6) is 0.911. The van der Waals surface area contributed by atoms with Crippen molar-refractivity contribution in [3.05, 3.63) is 22.4 Å². The van der Waals surface area contributed by atoms with Gasteiger partial charge in [-0.15, -0.1) is 11.3 Å². The highest BCUT2D eigenvalue weighted by molar-refractivity contribution is 7.10. The molecule has 7 heteroatoms. The van der Waals surface area contributed by atoms with Gasteiger partial charge < -0.3 is 20.1 Å². The van der Waals surface area contributed by atoms with Crippen LogP contribution in [0.2, 0.25) is 0 Å². The van der Waals surface area contributed by atoms with E-state index in [0.717, 1.165) is 71.3 Å². The maximum Gasteiger partial charge on any atom is 0.191 e. The normalized spacial score (nSPS) is 17.2. The minimum absolute atomic E-state index is 0.330. The van der Waals surface area contributed by atoms with Gasteiger partial charge in [0.15, 0.2) is 5.96 Å². The molecule has 2 heterocycles. The van der Waals surface area contributed by atoms with Gasteiger partial charge in [0, 0.05) is 44.8 Å². The van der Waals surface area contributed by atoms with Gasteiger partial charge in [-0.25, -0.2) is 0 Å². The number of guanidine groups is 1. The van der Waals surface area contributed by atoms with Gasteiger partial charge >= 0.3 is 0 Å². The van der Waals surface area contributed by atoms with Gasteiger partial charge in [-0.1, -0.05) is 6.07 Å². The first-order valence-corrected chi connectivity index (χ1v) is 10.6. The molecule has 1 aliphatic heterocycles. The van der Waals surface area contributed by atoms with E-state index in [2.05, 4.69) is 40.0 Å². The molecule has 1 aliphatic rings. The van der Waals surface area contributed by atoms with E-state index in [4.69, 9.17) is 14.5 Å². The summed E-state index contributed by atoms with van der Waals surface area (Å²) in [4.78, 5) is 8.75. The highest BCUT2D eigenvalue weighted by Crippen LogP contribution is 2.26. The van der Waals surface area contributed by atoms with Crippen molar-refractivity contribution in [2.45, 2.75) is 32.2 Å². The number of ether oxygens (including phenoxy) is 2. The summed E-state index contributed by atoms with van der Waals surface area (Å²) in [6.45, 7) is 9.09. The van der Waals surface area contributed by atoms with Crippen LogP contribution >= 0.6 is 11.3 Å². The molecule has 6 nitrogen and oxygen atoms in total. The Balaban J connectivity index is 1.88. The molecule has 1 aromatic heterocycles. The SMILES string of the molecule is CCNC(=NCC(c1cccs1)N1CCOCC1)NCCCCCOC. The molecule has 2 N–H and O–H groups in total. The third-order valence-electron chi connectivity index (χ3n) is 4.44. The fourth-order valence-electron chi connectivity index (χ4n) is 3.03. The van der Waals surface area contributed by atoms with Crippen LogP contribution in [0, 0.1) is 0 Å². The zero-order valence-corrected chi connectivity index (χ0v) is 17.0. The topological polar surface area (TPSA) is 58.1 Å². The number of thiophene rings is 1. The van der Waals surface area contributed by atoms with Gasteiger partial charge in [-0.05, 0) is 37.6 Å². The fraction of sp³-hybridized carbons (Fsp3) is 0.737. The summed E-state index contributed by atoms with van der Waals surface area (Å²) in [6.07, 6.45) is 3.42. The Morgan fingerprint density at radius 3 is 2.85 bits per heavy atom. The van der Waals surface area contributed by atoms with Crippen molar-refractivity contribution in [1.82, 2.24) is 15.5 Å². The lowest BCUT2D eigenvalue weighted by Gasteiger charge is -2.33. The summed E-state index contributed by atoms with van der Waals surface area (Å²) in [5, 5.41) is 8.97. The smallest absolute Gasteiger partial charge is 0.191 e. The van der Waals surface area contributed by atoms with Crippen LogP contribution < -0.4 is 10.6 Å². The van der Waals surface area contributed by atoms with Crippen molar-refractivity contribution >= 4 is 17.3 Å². The first-order valence-electron chi connectivity index (χ1n) is 9.71. The van der Waals surface area contributed by atoms with Gasteiger partial charge in [-0.3, -0.25) is 9.89 Å². The van der Waals surface area contributed by atoms with E-state index >= 15 is 0 Å². The zero-order chi connectivity index (χ0) is 18.5. The highest BCUT2D eigenvalue weighted by atomic mass is 32.1. The third-order valence-corrected chi connectivity index (χ3v) is 5.42. The van der Waals surface area contributed by atoms with E-state index < -0.39 is 0 Å². The predicted octanol–water partition coefficient (Wildman–Crippen LogP) is 2.49. The third kappa shape index (κ3) is 7.61. The Morgan fingerprint density at radius 1 is 1.31 bits per heavy atom. The molecule has 0 aliphatic carbocycles. The molecule has 0 radical (unpaired) electrons. The van der Waals surface area contributed by atoms with Gasteiger partial charge in [0.05, 0.1) is 25.8 Å². The van der Waals surface area contributed by atoms with E-state index in [9.17, 15) is 0 Å². The van der Waals surface area contributed by atoms with Crippen LogP contribution in [0.4, 0.5) is 0 Å². The maximum atomic E-state index is 5.52. The summed E-state index contributed by atoms with van der Waals surface area (Å²) >= 11 is 1.81. The standard InChI is InChI=1S/C19H34N4O2S/c1-3-20-19(21-9-5-4-6-12-24-2)22-16-17(18-8-7-15-26-18)23-10-13-25-14-11-23/h7-8,15,17H,3-6,9-14,16H2,1-2H3,(H2,20,21,22). The van der Waals surface area contributed by atoms with E-state index in [-0.39, 0.29) is 0 Å². The molecule has 1 atom stereocenters. The molecule has 0 spiro atoms. The van der Waals surface area contributed by atoms with Crippen LogP contribution in [-0.4, -0.2) is 70.5 Å². The number of nitrogens with one attached hydrogen (secondary N) is 2. The Bertz CT molecular complexity index is 490. The summed E-state index contributed by atoms with van der Waals surface area (Å²) in [7, 11) is 1.76. The number of hydrogen-bond donors (Lipinski definition) is 2. The number of methoxy groups -OCH3 is 1. The molecule has 26 heavy (non-hydrogen) atoms. The molecular formula is C19H34N4O2S. The molecule has 0 saturated carbocycles. The Hall–Kier alpha value is -1.15. The van der Waals surface area contributed by atoms with Crippen molar-refractivity contribution in [1.29, 1.82) is 0 Å². The Labute approximate surface area is 162 Å². The molecule has 148 valence electrons. The van der Waals surface area contributed by atoms with Crippen LogP contribution in [0.15, 0.2) is 22.5 Å².